The molecule has 3 heterocycles. The first-order chi connectivity index (χ1) is 25.5. The number of methoxy groups -OCH3 is 1. The van der Waals surface area contributed by atoms with Gasteiger partial charge >= 0.3 is 6.09 Å². The Bertz CT molecular complexity index is 1800. The monoisotopic (exact) mass is 723 g/mol. The second-order valence-corrected chi connectivity index (χ2v) is 17.7. The van der Waals surface area contributed by atoms with E-state index in [1.54, 1.807) is 7.11 Å². The number of carbonyl (C=O) groups excluding carboxylic acids is 1. The maximum atomic E-state index is 14.5. The Morgan fingerprint density at radius 2 is 1.72 bits per heavy atom. The Morgan fingerprint density at radius 3 is 2.40 bits per heavy atom. The normalized spacial score (nSPS) is 31.5. The van der Waals surface area contributed by atoms with Gasteiger partial charge < -0.3 is 19.8 Å². The summed E-state index contributed by atoms with van der Waals surface area (Å²) in [4.78, 5) is 34.9. The van der Waals surface area contributed by atoms with Crippen molar-refractivity contribution in [1.82, 2.24) is 19.7 Å². The number of fused-ring (bicyclic) bond motifs is 3. The molecular weight excluding hydrogens is 667 g/mol. The molecule has 2 atom stereocenters. The van der Waals surface area contributed by atoms with E-state index >= 15 is 0 Å². The minimum absolute atomic E-state index is 0.0516. The number of pyridine rings is 1. The van der Waals surface area contributed by atoms with Crippen molar-refractivity contribution < 1.29 is 24.5 Å². The minimum Gasteiger partial charge on any atom is -0.496 e. The average molecular weight is 724 g/mol. The highest BCUT2D eigenvalue weighted by atomic mass is 16.5. The van der Waals surface area contributed by atoms with E-state index in [2.05, 4.69) is 49.2 Å². The lowest BCUT2D eigenvalue weighted by Gasteiger charge is -2.55. The zero-order chi connectivity index (χ0) is 37.0. The number of carbonyl (C=O) groups is 2. The molecule has 0 radical (unpaired) electrons. The summed E-state index contributed by atoms with van der Waals surface area (Å²) in [6.45, 7) is 5.43. The molecule has 1 aliphatic heterocycles. The number of likely N-dealkylation sites (tertiary alicyclic amines) is 1. The van der Waals surface area contributed by atoms with Crippen molar-refractivity contribution in [3.63, 3.8) is 0 Å². The van der Waals surface area contributed by atoms with Crippen LogP contribution in [0.3, 0.4) is 0 Å². The van der Waals surface area contributed by atoms with Crippen LogP contribution in [0, 0.1) is 24.2 Å². The molecule has 10 nitrogen and oxygen atoms in total. The number of rotatable bonds is 9. The van der Waals surface area contributed by atoms with Gasteiger partial charge in [-0.3, -0.25) is 14.4 Å². The van der Waals surface area contributed by atoms with Gasteiger partial charge in [-0.2, -0.15) is 5.10 Å². The fourth-order valence-corrected chi connectivity index (χ4v) is 11.0. The van der Waals surface area contributed by atoms with Crippen molar-refractivity contribution in [2.24, 2.45) is 17.3 Å². The lowest BCUT2D eigenvalue weighted by atomic mass is 9.51. The molecule has 2 unspecified atom stereocenters. The number of aromatic nitrogens is 3. The van der Waals surface area contributed by atoms with E-state index in [9.17, 15) is 19.8 Å². The molecule has 284 valence electrons. The van der Waals surface area contributed by atoms with Crippen molar-refractivity contribution in [3.8, 4) is 16.9 Å². The summed E-state index contributed by atoms with van der Waals surface area (Å²) in [6.07, 6.45) is 19.2. The maximum Gasteiger partial charge on any atom is 0.407 e. The fraction of sp³-hybridized carbons (Fsp3) is 0.628. The number of anilines is 1. The Morgan fingerprint density at radius 1 is 0.981 bits per heavy atom. The van der Waals surface area contributed by atoms with Gasteiger partial charge in [-0.05, 0) is 143 Å². The van der Waals surface area contributed by atoms with E-state index in [0.29, 0.717) is 19.4 Å². The van der Waals surface area contributed by atoms with Crippen molar-refractivity contribution in [3.05, 3.63) is 60.0 Å². The van der Waals surface area contributed by atoms with Crippen molar-refractivity contribution >= 4 is 17.8 Å². The number of carboxylic acid groups (broad SMARTS) is 1. The third-order valence-corrected chi connectivity index (χ3v) is 14.4. The minimum atomic E-state index is -0.898. The molecule has 6 fully saturated rings. The van der Waals surface area contributed by atoms with Crippen LogP contribution in [-0.4, -0.2) is 74.2 Å². The summed E-state index contributed by atoms with van der Waals surface area (Å²) in [7, 11) is 1.74. The number of ether oxygens (including phenoxy) is 1. The summed E-state index contributed by atoms with van der Waals surface area (Å²) in [5.74, 6) is 2.17. The first kappa shape index (κ1) is 36.1. The molecule has 2 bridgehead atoms. The summed E-state index contributed by atoms with van der Waals surface area (Å²) in [5.41, 5.74) is 4.69. The van der Waals surface area contributed by atoms with E-state index in [1.165, 1.54) is 22.4 Å². The molecule has 6 aliphatic rings. The molecular formula is C43H57N5O5. The van der Waals surface area contributed by atoms with Crippen molar-refractivity contribution in [2.75, 3.05) is 25.1 Å². The Hall–Kier alpha value is -3.92. The maximum absolute atomic E-state index is 14.5. The number of hydrogen-bond donors (Lipinski definition) is 2. The third-order valence-electron chi connectivity index (χ3n) is 14.4. The number of piperidine rings is 1. The molecule has 10 heteroatoms. The summed E-state index contributed by atoms with van der Waals surface area (Å²) >= 11 is 0. The first-order valence-corrected chi connectivity index (χ1v) is 20.2. The largest absolute Gasteiger partial charge is 0.496 e. The van der Waals surface area contributed by atoms with Crippen LogP contribution >= 0.6 is 0 Å². The topological polar surface area (TPSA) is 121 Å². The van der Waals surface area contributed by atoms with E-state index in [4.69, 9.17) is 14.8 Å². The lowest BCUT2D eigenvalue weighted by molar-refractivity contribution is -0.124. The number of nitrogens with zero attached hydrogens (tertiary/aromatic N) is 5. The lowest BCUT2D eigenvalue weighted by Crippen LogP contribution is -2.57. The highest BCUT2D eigenvalue weighted by Gasteiger charge is 2.51. The van der Waals surface area contributed by atoms with Gasteiger partial charge in [0.25, 0.3) is 0 Å². The van der Waals surface area contributed by atoms with Crippen LogP contribution in [0.2, 0.25) is 0 Å². The molecule has 5 aliphatic carbocycles. The summed E-state index contributed by atoms with van der Waals surface area (Å²) in [6, 6.07) is 10.7. The number of amides is 2. The van der Waals surface area contributed by atoms with Gasteiger partial charge in [0, 0.05) is 43.0 Å². The van der Waals surface area contributed by atoms with Gasteiger partial charge in [-0.1, -0.05) is 31.4 Å². The number of aliphatic hydroxyl groups excluding tert-OH is 1. The van der Waals surface area contributed by atoms with E-state index in [-0.39, 0.29) is 40.2 Å². The van der Waals surface area contributed by atoms with Gasteiger partial charge in [0.05, 0.1) is 24.9 Å². The molecule has 5 saturated carbocycles. The zero-order valence-electron chi connectivity index (χ0n) is 31.8. The van der Waals surface area contributed by atoms with Crippen LogP contribution < -0.4 is 9.64 Å². The molecule has 1 saturated heterocycles. The summed E-state index contributed by atoms with van der Waals surface area (Å²) < 4.78 is 7.60. The van der Waals surface area contributed by atoms with Crippen LogP contribution in [0.25, 0.3) is 11.1 Å². The van der Waals surface area contributed by atoms with E-state index < -0.39 is 12.2 Å². The Labute approximate surface area is 313 Å². The van der Waals surface area contributed by atoms with Crippen LogP contribution in [0.1, 0.15) is 114 Å². The second-order valence-electron chi connectivity index (χ2n) is 17.7. The molecule has 1 aromatic carbocycles. The van der Waals surface area contributed by atoms with Crippen LogP contribution in [0.15, 0.2) is 48.9 Å². The highest BCUT2D eigenvalue weighted by Crippen LogP contribution is 2.58. The SMILES string of the molecule is COc1ccc(C23CCC(CN(C(=O)C4CCCCC4)c4cc(-c5cnn(C6(C)CC(C7CC(O)CCN7C(=O)O)C6)c5)ccn4)(CC2)CC3)cc1C. The predicted octanol–water partition coefficient (Wildman–Crippen LogP) is 8.10. The molecule has 9 rings (SSSR count). The van der Waals surface area contributed by atoms with Crippen LogP contribution in [0.5, 0.6) is 5.75 Å². The van der Waals surface area contributed by atoms with Gasteiger partial charge in [0.1, 0.15) is 11.6 Å². The predicted molar refractivity (Wildman–Crippen MR) is 204 cm³/mol. The smallest absolute Gasteiger partial charge is 0.407 e. The van der Waals surface area contributed by atoms with E-state index in [1.807, 2.05) is 23.1 Å². The first-order valence-electron chi connectivity index (χ1n) is 20.2. The molecule has 3 aromatic rings. The molecule has 2 N–H and O–H groups in total. The number of aryl methyl sites for hydroxylation is 1. The van der Waals surface area contributed by atoms with Crippen molar-refractivity contribution in [1.29, 1.82) is 0 Å². The van der Waals surface area contributed by atoms with Gasteiger partial charge in [-0.25, -0.2) is 9.78 Å². The average Bonchev–Trinajstić information content (AvgIpc) is 3.68. The van der Waals surface area contributed by atoms with Crippen LogP contribution in [-0.2, 0) is 15.7 Å². The number of hydrogen-bond acceptors (Lipinski definition) is 6. The van der Waals surface area contributed by atoms with Gasteiger partial charge in [0.2, 0.25) is 5.91 Å². The third kappa shape index (κ3) is 6.74. The van der Waals surface area contributed by atoms with E-state index in [0.717, 1.165) is 106 Å². The fourth-order valence-electron chi connectivity index (χ4n) is 11.0. The van der Waals surface area contributed by atoms with Crippen LogP contribution in [0.4, 0.5) is 10.6 Å². The quantitative estimate of drug-likeness (QED) is 0.229. The molecule has 2 amide bonds. The van der Waals surface area contributed by atoms with Gasteiger partial charge in [0.15, 0.2) is 0 Å². The zero-order valence-corrected chi connectivity index (χ0v) is 31.8. The molecule has 53 heavy (non-hydrogen) atoms. The van der Waals surface area contributed by atoms with Gasteiger partial charge in [-0.15, -0.1) is 0 Å². The molecule has 2 aromatic heterocycles. The van der Waals surface area contributed by atoms with Crippen molar-refractivity contribution in [2.45, 2.75) is 133 Å². The summed E-state index contributed by atoms with van der Waals surface area (Å²) in [5, 5.41) is 24.9. The Kier molecular flexibility index (Phi) is 9.57. The molecule has 0 spiro atoms. The Balaban J connectivity index is 1.00. The highest BCUT2D eigenvalue weighted by molar-refractivity contribution is 5.95. The number of aliphatic hydroxyl groups is 1. The second kappa shape index (κ2) is 14.1. The standard InChI is InChI=1S/C43H57N5O5/c1-29-21-34(9-10-37(29)53-3)43-16-13-42(14-17-43,15-18-43)28-47(39(50)30-7-5-4-6-8-30)38-22-31(11-19-44-38)33-26-45-48(27-33)41(2)24-32(25-41)36-23-35(49)12-20-46(36)40(51)52/h9-11,19,21-22,26-27,30,32,35-36,49H,4-8,12-18,20,23-25,28H2,1-3H3,(H,51,52). The number of benzene rings is 1.